The van der Waals surface area contributed by atoms with Crippen molar-refractivity contribution < 1.29 is 13.9 Å². The maximum Gasteiger partial charge on any atom is 0.361 e. The minimum Gasteiger partial charge on any atom is -0.442 e. The fraction of sp³-hybridized carbons (Fsp3) is 0.368. The molecule has 24 heavy (non-hydrogen) atoms. The molecule has 0 N–H and O–H groups in total. The van der Waals surface area contributed by atoms with E-state index < -0.39 is 17.5 Å². The molecule has 4 nitrogen and oxygen atoms in total. The van der Waals surface area contributed by atoms with Gasteiger partial charge in [0.25, 0.3) is 0 Å². The largest absolute Gasteiger partial charge is 0.442 e. The molecule has 126 valence electrons. The second-order valence-corrected chi connectivity index (χ2v) is 5.93. The molecule has 0 saturated heterocycles. The molecule has 2 rings (SSSR count). The highest BCUT2D eigenvalue weighted by atomic mass is 19.1. The Labute approximate surface area is 141 Å². The van der Waals surface area contributed by atoms with Crippen LogP contribution in [0, 0.1) is 17.8 Å². The minimum atomic E-state index is -0.995. The molecule has 1 atom stereocenters. The molecule has 0 bridgehead atoms. The summed E-state index contributed by atoms with van der Waals surface area (Å²) >= 11 is 0. The van der Waals surface area contributed by atoms with E-state index in [-0.39, 0.29) is 11.7 Å². The molecule has 0 aliphatic heterocycles. The van der Waals surface area contributed by atoms with E-state index in [9.17, 15) is 9.18 Å². The average molecular weight is 328 g/mol. The van der Waals surface area contributed by atoms with Crippen LogP contribution in [0.3, 0.4) is 0 Å². The highest BCUT2D eigenvalue weighted by molar-refractivity contribution is 5.88. The molecule has 0 aliphatic carbocycles. The van der Waals surface area contributed by atoms with Crippen molar-refractivity contribution in [1.82, 2.24) is 9.55 Å². The van der Waals surface area contributed by atoms with E-state index in [1.165, 1.54) is 10.9 Å². The summed E-state index contributed by atoms with van der Waals surface area (Å²) in [6, 6.07) is 9.24. The number of benzene rings is 1. The summed E-state index contributed by atoms with van der Waals surface area (Å²) in [7, 11) is 0. The van der Waals surface area contributed by atoms with Gasteiger partial charge in [-0.25, -0.2) is 9.78 Å². The van der Waals surface area contributed by atoms with Crippen LogP contribution >= 0.6 is 0 Å². The molecule has 1 aromatic heterocycles. The number of nitrogens with zero attached hydrogens (tertiary/aromatic N) is 2. The van der Waals surface area contributed by atoms with Crippen molar-refractivity contribution in [2.45, 2.75) is 45.8 Å². The van der Waals surface area contributed by atoms with Gasteiger partial charge >= 0.3 is 5.97 Å². The number of esters is 1. The van der Waals surface area contributed by atoms with Gasteiger partial charge in [0.1, 0.15) is 0 Å². The van der Waals surface area contributed by atoms with Crippen molar-refractivity contribution in [1.29, 1.82) is 0 Å². The van der Waals surface area contributed by atoms with Crippen LogP contribution in [-0.4, -0.2) is 21.1 Å². The van der Waals surface area contributed by atoms with Gasteiger partial charge in [-0.15, -0.1) is 0 Å². The summed E-state index contributed by atoms with van der Waals surface area (Å²) in [5.41, 5.74) is -0.253. The number of ether oxygens (including phenoxy) is 1. The number of carbonyl (C=O) groups is 1. The summed E-state index contributed by atoms with van der Waals surface area (Å²) in [4.78, 5) is 16.1. The predicted octanol–water partition coefficient (Wildman–Crippen LogP) is 3.98. The van der Waals surface area contributed by atoms with Gasteiger partial charge in [0.15, 0.2) is 11.3 Å². The Balaban J connectivity index is 2.31. The Morgan fingerprint density at radius 2 is 2.04 bits per heavy atom. The van der Waals surface area contributed by atoms with E-state index in [4.69, 9.17) is 4.74 Å². The number of imidazole rings is 1. The maximum atomic E-state index is 14.1. The van der Waals surface area contributed by atoms with E-state index >= 15 is 0 Å². The molecular weight excluding hydrogens is 307 g/mol. The van der Waals surface area contributed by atoms with Crippen LogP contribution in [0.2, 0.25) is 0 Å². The molecule has 1 heterocycles. The Morgan fingerprint density at radius 1 is 1.38 bits per heavy atom. The van der Waals surface area contributed by atoms with Crippen molar-refractivity contribution >= 4 is 5.97 Å². The maximum absolute atomic E-state index is 14.1. The van der Waals surface area contributed by atoms with Crippen LogP contribution in [0.25, 0.3) is 0 Å². The smallest absolute Gasteiger partial charge is 0.361 e. The third-order valence-corrected chi connectivity index (χ3v) is 3.56. The Bertz CT molecular complexity index is 770. The monoisotopic (exact) mass is 328 g/mol. The lowest BCUT2D eigenvalue weighted by molar-refractivity contribution is 0.0184. The fourth-order valence-corrected chi connectivity index (χ4v) is 2.32. The van der Waals surface area contributed by atoms with Crippen molar-refractivity contribution in [2.24, 2.45) is 0 Å². The van der Waals surface area contributed by atoms with Crippen molar-refractivity contribution in [3.8, 4) is 11.8 Å². The van der Waals surface area contributed by atoms with Crippen molar-refractivity contribution in [3.05, 3.63) is 53.9 Å². The lowest BCUT2D eigenvalue weighted by Crippen LogP contribution is -2.28. The standard InChI is InChI=1S/C19H21FN2O2/c1-5-6-12-19(3,4)24-18(23)16-17(20)21-13-22(16)14(2)15-10-8-7-9-11-15/h7-11,13-14H,5H2,1-4H3/t14-/m1/s1. The van der Waals surface area contributed by atoms with Gasteiger partial charge in [-0.3, -0.25) is 0 Å². The second-order valence-electron chi connectivity index (χ2n) is 5.93. The Hall–Kier alpha value is -2.61. The van der Waals surface area contributed by atoms with Gasteiger partial charge in [0, 0.05) is 6.42 Å². The quantitative estimate of drug-likeness (QED) is 0.630. The third kappa shape index (κ3) is 4.02. The van der Waals surface area contributed by atoms with E-state index in [1.54, 1.807) is 13.8 Å². The number of rotatable bonds is 4. The number of hydrogen-bond acceptors (Lipinski definition) is 3. The van der Waals surface area contributed by atoms with E-state index in [1.807, 2.05) is 44.2 Å². The predicted molar refractivity (Wildman–Crippen MR) is 90.0 cm³/mol. The summed E-state index contributed by atoms with van der Waals surface area (Å²) in [5, 5.41) is 0. The van der Waals surface area contributed by atoms with Crippen LogP contribution in [0.4, 0.5) is 4.39 Å². The molecule has 0 fully saturated rings. The van der Waals surface area contributed by atoms with Crippen molar-refractivity contribution in [2.75, 3.05) is 0 Å². The molecule has 0 unspecified atom stereocenters. The molecule has 2 aromatic rings. The van der Waals surface area contributed by atoms with Crippen LogP contribution in [0.1, 0.15) is 56.2 Å². The summed E-state index contributed by atoms with van der Waals surface area (Å²) < 4.78 is 21.0. The molecule has 0 spiro atoms. The lowest BCUT2D eigenvalue weighted by atomic mass is 10.1. The number of carbonyl (C=O) groups excluding carboxylic acids is 1. The molecule has 5 heteroatoms. The first-order valence-electron chi connectivity index (χ1n) is 7.86. The van der Waals surface area contributed by atoms with Gasteiger partial charge in [-0.2, -0.15) is 4.39 Å². The average Bonchev–Trinajstić information content (AvgIpc) is 2.94. The zero-order valence-corrected chi connectivity index (χ0v) is 14.3. The van der Waals surface area contributed by atoms with Gasteiger partial charge < -0.3 is 9.30 Å². The molecular formula is C19H21FN2O2. The number of halogens is 1. The van der Waals surface area contributed by atoms with Gasteiger partial charge in [0.05, 0.1) is 12.4 Å². The molecule has 1 aromatic carbocycles. The Morgan fingerprint density at radius 3 is 2.67 bits per heavy atom. The van der Waals surface area contributed by atoms with Crippen LogP contribution in [0.5, 0.6) is 0 Å². The first kappa shape index (κ1) is 17.7. The SMILES string of the molecule is CCC#CC(C)(C)OC(=O)c1c(F)ncn1[C@H](C)c1ccccc1. The zero-order valence-electron chi connectivity index (χ0n) is 14.3. The molecule has 0 amide bonds. The van der Waals surface area contributed by atoms with E-state index in [0.717, 1.165) is 5.56 Å². The number of hydrogen-bond donors (Lipinski definition) is 0. The van der Waals surface area contributed by atoms with Crippen LogP contribution in [-0.2, 0) is 4.74 Å². The first-order chi connectivity index (χ1) is 11.4. The van der Waals surface area contributed by atoms with Gasteiger partial charge in [-0.1, -0.05) is 49.1 Å². The van der Waals surface area contributed by atoms with Crippen molar-refractivity contribution in [3.63, 3.8) is 0 Å². The summed E-state index contributed by atoms with van der Waals surface area (Å²) in [6.45, 7) is 7.12. The summed E-state index contributed by atoms with van der Waals surface area (Å²) in [6.07, 6.45) is 1.96. The lowest BCUT2D eigenvalue weighted by Gasteiger charge is -2.21. The van der Waals surface area contributed by atoms with Gasteiger partial charge in [-0.05, 0) is 26.3 Å². The number of aromatic nitrogens is 2. The van der Waals surface area contributed by atoms with Crippen LogP contribution < -0.4 is 0 Å². The highest BCUT2D eigenvalue weighted by Gasteiger charge is 2.28. The topological polar surface area (TPSA) is 44.1 Å². The normalized spacial score (nSPS) is 12.2. The van der Waals surface area contributed by atoms with E-state index in [0.29, 0.717) is 6.42 Å². The zero-order chi connectivity index (χ0) is 17.7. The molecule has 0 radical (unpaired) electrons. The Kier molecular flexibility index (Phi) is 5.40. The molecule has 0 aliphatic rings. The van der Waals surface area contributed by atoms with Gasteiger partial charge in [0.2, 0.25) is 5.95 Å². The summed E-state index contributed by atoms with van der Waals surface area (Å²) in [5.74, 6) is 4.11. The minimum absolute atomic E-state index is 0.197. The first-order valence-corrected chi connectivity index (χ1v) is 7.86. The second kappa shape index (κ2) is 7.31. The third-order valence-electron chi connectivity index (χ3n) is 3.56. The van der Waals surface area contributed by atoms with E-state index in [2.05, 4.69) is 16.8 Å². The van der Waals surface area contributed by atoms with Crippen LogP contribution in [0.15, 0.2) is 36.7 Å². The fourth-order valence-electron chi connectivity index (χ4n) is 2.32. The highest BCUT2D eigenvalue weighted by Crippen LogP contribution is 2.23. The molecule has 0 saturated carbocycles.